The maximum Gasteiger partial charge on any atom is 0.269 e. The van der Waals surface area contributed by atoms with Crippen LogP contribution in [0.25, 0.3) is 0 Å². The van der Waals surface area contributed by atoms with Gasteiger partial charge in [0.1, 0.15) is 6.29 Å². The highest BCUT2D eigenvalue weighted by atomic mass is 16.6. The Kier molecular flexibility index (Phi) is 6.26. The van der Waals surface area contributed by atoms with Gasteiger partial charge in [0.25, 0.3) is 11.6 Å². The number of benzene rings is 2. The number of hydrogen-bond acceptors (Lipinski definition) is 6. The molecule has 0 bridgehead atoms. The van der Waals surface area contributed by atoms with Gasteiger partial charge in [0.2, 0.25) is 0 Å². The molecule has 0 aliphatic heterocycles. The number of aryl methyl sites for hydroxylation is 1. The lowest BCUT2D eigenvalue weighted by Gasteiger charge is -2.13. The first-order chi connectivity index (χ1) is 12.4. The minimum absolute atomic E-state index is 0.0478. The number of hydrogen-bond donors (Lipinski definition) is 1. The number of rotatable bonds is 8. The molecule has 0 aliphatic rings. The zero-order valence-electron chi connectivity index (χ0n) is 14.4. The molecular formula is C18H18N2O6. The number of anilines is 1. The fourth-order valence-corrected chi connectivity index (χ4v) is 2.22. The Hall–Kier alpha value is -3.42. The molecule has 136 valence electrons. The van der Waals surface area contributed by atoms with E-state index in [-0.39, 0.29) is 12.3 Å². The molecule has 0 saturated heterocycles. The smallest absolute Gasteiger partial charge is 0.269 e. The topological polar surface area (TPSA) is 108 Å². The van der Waals surface area contributed by atoms with E-state index in [4.69, 9.17) is 9.47 Å². The van der Waals surface area contributed by atoms with Crippen LogP contribution in [0, 0.1) is 17.0 Å². The van der Waals surface area contributed by atoms with Crippen molar-refractivity contribution in [2.24, 2.45) is 0 Å². The molecule has 1 N–H and O–H groups in total. The molecule has 0 radical (unpaired) electrons. The summed E-state index contributed by atoms with van der Waals surface area (Å²) in [6.07, 6.45) is 0.691. The van der Waals surface area contributed by atoms with Gasteiger partial charge in [-0.15, -0.1) is 0 Å². The van der Waals surface area contributed by atoms with Gasteiger partial charge in [-0.25, -0.2) is 0 Å². The van der Waals surface area contributed by atoms with Gasteiger partial charge in [-0.05, 0) is 43.7 Å². The van der Waals surface area contributed by atoms with E-state index in [2.05, 4.69) is 5.32 Å². The van der Waals surface area contributed by atoms with Crippen molar-refractivity contribution in [1.82, 2.24) is 0 Å². The van der Waals surface area contributed by atoms with Crippen molar-refractivity contribution in [1.29, 1.82) is 0 Å². The summed E-state index contributed by atoms with van der Waals surface area (Å²) in [6.45, 7) is 3.56. The Morgan fingerprint density at radius 3 is 2.58 bits per heavy atom. The van der Waals surface area contributed by atoms with Gasteiger partial charge < -0.3 is 14.8 Å². The SMILES string of the molecule is CCOc1cc(C=O)ccc1OCC(=O)Nc1ccc([N+](=O)[O-])cc1C. The summed E-state index contributed by atoms with van der Waals surface area (Å²) in [5.41, 5.74) is 1.42. The van der Waals surface area contributed by atoms with Gasteiger partial charge in [-0.3, -0.25) is 19.7 Å². The molecule has 0 aromatic heterocycles. The summed E-state index contributed by atoms with van der Waals surface area (Å²) >= 11 is 0. The van der Waals surface area contributed by atoms with E-state index in [1.54, 1.807) is 26.0 Å². The first kappa shape index (κ1) is 18.9. The number of amides is 1. The molecule has 2 aromatic carbocycles. The third-order valence-electron chi connectivity index (χ3n) is 3.46. The number of nitro benzene ring substituents is 1. The fraction of sp³-hybridized carbons (Fsp3) is 0.222. The first-order valence-electron chi connectivity index (χ1n) is 7.84. The number of carbonyl (C=O) groups is 2. The molecule has 0 fully saturated rings. The van der Waals surface area contributed by atoms with Crippen molar-refractivity contribution in [3.05, 3.63) is 57.6 Å². The van der Waals surface area contributed by atoms with Crippen LogP contribution >= 0.6 is 0 Å². The van der Waals surface area contributed by atoms with E-state index in [1.165, 1.54) is 24.3 Å². The molecule has 2 rings (SSSR count). The average molecular weight is 358 g/mol. The predicted octanol–water partition coefficient (Wildman–Crippen LogP) is 3.13. The highest BCUT2D eigenvalue weighted by Crippen LogP contribution is 2.28. The van der Waals surface area contributed by atoms with Crippen LogP contribution in [-0.2, 0) is 4.79 Å². The van der Waals surface area contributed by atoms with Crippen LogP contribution in [0.5, 0.6) is 11.5 Å². The van der Waals surface area contributed by atoms with Crippen LogP contribution in [0.4, 0.5) is 11.4 Å². The third-order valence-corrected chi connectivity index (χ3v) is 3.46. The minimum Gasteiger partial charge on any atom is -0.490 e. The van der Waals surface area contributed by atoms with Gasteiger partial charge in [0.05, 0.1) is 11.5 Å². The largest absolute Gasteiger partial charge is 0.490 e. The second-order valence-electron chi connectivity index (χ2n) is 5.35. The van der Waals surface area contributed by atoms with Crippen LogP contribution in [0.1, 0.15) is 22.8 Å². The number of non-ortho nitro benzene ring substituents is 1. The molecule has 0 unspecified atom stereocenters. The number of ether oxygens (including phenoxy) is 2. The molecule has 0 aliphatic carbocycles. The molecule has 8 heteroatoms. The maximum absolute atomic E-state index is 12.1. The molecule has 0 heterocycles. The Labute approximate surface area is 149 Å². The van der Waals surface area contributed by atoms with Gasteiger partial charge in [-0.2, -0.15) is 0 Å². The van der Waals surface area contributed by atoms with Gasteiger partial charge in [-0.1, -0.05) is 0 Å². The molecule has 26 heavy (non-hydrogen) atoms. The molecule has 2 aromatic rings. The normalized spacial score (nSPS) is 10.1. The molecule has 1 amide bonds. The van der Waals surface area contributed by atoms with Gasteiger partial charge in [0, 0.05) is 23.4 Å². The quantitative estimate of drug-likeness (QED) is 0.441. The van der Waals surface area contributed by atoms with Crippen LogP contribution in [0.3, 0.4) is 0 Å². The number of nitro groups is 1. The number of aldehydes is 1. The lowest BCUT2D eigenvalue weighted by Crippen LogP contribution is -2.21. The number of carbonyl (C=O) groups excluding carboxylic acids is 2. The van der Waals surface area contributed by atoms with Crippen molar-refractivity contribution < 1.29 is 24.0 Å². The third kappa shape index (κ3) is 4.79. The summed E-state index contributed by atoms with van der Waals surface area (Å²) in [4.78, 5) is 33.2. The highest BCUT2D eigenvalue weighted by molar-refractivity contribution is 5.92. The van der Waals surface area contributed by atoms with Crippen LogP contribution in [-0.4, -0.2) is 30.3 Å². The van der Waals surface area contributed by atoms with E-state index in [1.807, 2.05) is 0 Å². The first-order valence-corrected chi connectivity index (χ1v) is 7.84. The van der Waals surface area contributed by atoms with Gasteiger partial charge >= 0.3 is 0 Å². The Bertz CT molecular complexity index is 834. The molecular weight excluding hydrogens is 340 g/mol. The molecule has 8 nitrogen and oxygen atoms in total. The minimum atomic E-state index is -0.500. The monoisotopic (exact) mass is 358 g/mol. The van der Waals surface area contributed by atoms with Crippen LogP contribution in [0.2, 0.25) is 0 Å². The fourth-order valence-electron chi connectivity index (χ4n) is 2.22. The lowest BCUT2D eigenvalue weighted by atomic mass is 10.2. The predicted molar refractivity (Wildman–Crippen MR) is 95.0 cm³/mol. The van der Waals surface area contributed by atoms with Crippen molar-refractivity contribution in [3.63, 3.8) is 0 Å². The molecule has 0 atom stereocenters. The summed E-state index contributed by atoms with van der Waals surface area (Å²) in [5.74, 6) is 0.285. The van der Waals surface area contributed by atoms with Crippen molar-refractivity contribution in [3.8, 4) is 11.5 Å². The van der Waals surface area contributed by atoms with Crippen LogP contribution in [0.15, 0.2) is 36.4 Å². The van der Waals surface area contributed by atoms with E-state index >= 15 is 0 Å². The van der Waals surface area contributed by atoms with Crippen molar-refractivity contribution in [2.75, 3.05) is 18.5 Å². The van der Waals surface area contributed by atoms with Gasteiger partial charge in [0.15, 0.2) is 18.1 Å². The Morgan fingerprint density at radius 2 is 1.96 bits per heavy atom. The second-order valence-corrected chi connectivity index (χ2v) is 5.35. The highest BCUT2D eigenvalue weighted by Gasteiger charge is 2.12. The van der Waals surface area contributed by atoms with Crippen molar-refractivity contribution >= 4 is 23.6 Å². The molecule has 0 spiro atoms. The van der Waals surface area contributed by atoms with Crippen molar-refractivity contribution in [2.45, 2.75) is 13.8 Å². The maximum atomic E-state index is 12.1. The number of nitrogens with one attached hydrogen (secondary N) is 1. The Morgan fingerprint density at radius 1 is 1.19 bits per heavy atom. The van der Waals surface area contributed by atoms with E-state index in [0.29, 0.717) is 41.2 Å². The zero-order valence-corrected chi connectivity index (χ0v) is 14.4. The Balaban J connectivity index is 2.03. The van der Waals surface area contributed by atoms with E-state index in [0.717, 1.165) is 0 Å². The standard InChI is InChI=1S/C18H18N2O6/c1-3-25-17-9-13(10-21)4-7-16(17)26-11-18(22)19-15-6-5-14(20(23)24)8-12(15)2/h4-10H,3,11H2,1-2H3,(H,19,22). The number of nitrogens with zero attached hydrogens (tertiary/aromatic N) is 1. The van der Waals surface area contributed by atoms with Crippen LogP contribution < -0.4 is 14.8 Å². The zero-order chi connectivity index (χ0) is 19.1. The van der Waals surface area contributed by atoms with E-state index < -0.39 is 10.8 Å². The lowest BCUT2D eigenvalue weighted by molar-refractivity contribution is -0.384. The summed E-state index contributed by atoms with van der Waals surface area (Å²) in [6, 6.07) is 8.80. The summed E-state index contributed by atoms with van der Waals surface area (Å²) < 4.78 is 10.9. The van der Waals surface area contributed by atoms with E-state index in [9.17, 15) is 19.7 Å². The molecule has 0 saturated carbocycles. The average Bonchev–Trinajstić information content (AvgIpc) is 2.62. The summed E-state index contributed by atoms with van der Waals surface area (Å²) in [5, 5.41) is 13.4. The summed E-state index contributed by atoms with van der Waals surface area (Å²) in [7, 11) is 0. The second kappa shape index (κ2) is 8.61.